The van der Waals surface area contributed by atoms with Crippen molar-refractivity contribution < 1.29 is 9.53 Å². The Morgan fingerprint density at radius 2 is 2.00 bits per heavy atom. The van der Waals surface area contributed by atoms with Gasteiger partial charge in [0.1, 0.15) is 11.4 Å². The number of nitrogens with one attached hydrogen (secondary N) is 1. The van der Waals surface area contributed by atoms with E-state index in [4.69, 9.17) is 4.74 Å². The van der Waals surface area contributed by atoms with Gasteiger partial charge in [0.25, 0.3) is 0 Å². The van der Waals surface area contributed by atoms with E-state index < -0.39 is 5.54 Å². The zero-order valence-electron chi connectivity index (χ0n) is 10.9. The summed E-state index contributed by atoms with van der Waals surface area (Å²) in [6, 6.07) is 3.71. The minimum atomic E-state index is -0.817. The van der Waals surface area contributed by atoms with Crippen molar-refractivity contribution in [2.45, 2.75) is 39.2 Å². The van der Waals surface area contributed by atoms with Crippen LogP contribution in [0.25, 0.3) is 0 Å². The molecular formula is C12H19N3O2. The molecule has 1 rings (SSSR count). The second kappa shape index (κ2) is 5.12. The number of carbonyl (C=O) groups excluding carboxylic acids is 1. The molecule has 1 aromatic rings. The summed E-state index contributed by atoms with van der Waals surface area (Å²) in [6.45, 7) is 7.57. The van der Waals surface area contributed by atoms with Crippen molar-refractivity contribution in [1.82, 2.24) is 10.2 Å². The number of esters is 1. The second-order valence-electron chi connectivity index (χ2n) is 4.74. The van der Waals surface area contributed by atoms with Crippen LogP contribution in [0.15, 0.2) is 12.1 Å². The van der Waals surface area contributed by atoms with Gasteiger partial charge >= 0.3 is 5.97 Å². The molecule has 94 valence electrons. The van der Waals surface area contributed by atoms with E-state index >= 15 is 0 Å². The summed E-state index contributed by atoms with van der Waals surface area (Å²) in [5.41, 5.74) is 0.106. The number of anilines is 1. The van der Waals surface area contributed by atoms with E-state index in [1.807, 2.05) is 12.1 Å². The number of hydrogen-bond acceptors (Lipinski definition) is 5. The Bertz CT molecular complexity index is 385. The maximum atomic E-state index is 11.5. The highest BCUT2D eigenvalue weighted by atomic mass is 16.5. The van der Waals surface area contributed by atoms with E-state index in [-0.39, 0.29) is 5.97 Å². The largest absolute Gasteiger partial charge is 0.467 e. The third-order valence-electron chi connectivity index (χ3n) is 2.41. The lowest BCUT2D eigenvalue weighted by Crippen LogP contribution is -2.41. The van der Waals surface area contributed by atoms with E-state index in [1.54, 1.807) is 13.8 Å². The summed E-state index contributed by atoms with van der Waals surface area (Å²) in [7, 11) is 1.36. The molecule has 0 aliphatic carbocycles. The third-order valence-corrected chi connectivity index (χ3v) is 2.41. The number of methoxy groups -OCH3 is 1. The fraction of sp³-hybridized carbons (Fsp3) is 0.583. The molecule has 5 heteroatoms. The molecule has 0 aliphatic heterocycles. The van der Waals surface area contributed by atoms with Crippen LogP contribution in [0.2, 0.25) is 0 Å². The molecule has 0 fully saturated rings. The predicted octanol–water partition coefficient (Wildman–Crippen LogP) is 1.96. The van der Waals surface area contributed by atoms with Crippen LogP contribution in [0, 0.1) is 0 Å². The first-order valence-electron chi connectivity index (χ1n) is 5.57. The van der Waals surface area contributed by atoms with Gasteiger partial charge in [0.05, 0.1) is 12.8 Å². The van der Waals surface area contributed by atoms with Crippen LogP contribution < -0.4 is 5.32 Å². The molecule has 0 radical (unpaired) electrons. The van der Waals surface area contributed by atoms with Gasteiger partial charge in [-0.15, -0.1) is 5.10 Å². The topological polar surface area (TPSA) is 64.1 Å². The standard InChI is InChI=1S/C12H19N3O2/c1-8(2)9-6-7-10(15-14-9)13-12(3,4)11(16)17-5/h6-8H,1-5H3,(H,13,15). The Morgan fingerprint density at radius 1 is 1.35 bits per heavy atom. The van der Waals surface area contributed by atoms with Crippen LogP contribution in [-0.4, -0.2) is 28.8 Å². The number of carbonyl (C=O) groups is 1. The molecule has 0 aliphatic rings. The van der Waals surface area contributed by atoms with Crippen LogP contribution in [0.1, 0.15) is 39.3 Å². The molecule has 0 aromatic carbocycles. The molecule has 17 heavy (non-hydrogen) atoms. The number of rotatable bonds is 4. The van der Waals surface area contributed by atoms with Gasteiger partial charge in [0.2, 0.25) is 0 Å². The highest BCUT2D eigenvalue weighted by molar-refractivity contribution is 5.82. The number of hydrogen-bond donors (Lipinski definition) is 1. The summed E-state index contributed by atoms with van der Waals surface area (Å²) >= 11 is 0. The van der Waals surface area contributed by atoms with Crippen molar-refractivity contribution in [2.24, 2.45) is 0 Å². The van der Waals surface area contributed by atoms with Crippen LogP contribution in [0.5, 0.6) is 0 Å². The zero-order valence-corrected chi connectivity index (χ0v) is 10.9. The van der Waals surface area contributed by atoms with E-state index in [1.165, 1.54) is 7.11 Å². The maximum Gasteiger partial charge on any atom is 0.330 e. The molecule has 0 saturated heterocycles. The van der Waals surface area contributed by atoms with Gasteiger partial charge in [-0.2, -0.15) is 5.10 Å². The molecule has 0 unspecified atom stereocenters. The van der Waals surface area contributed by atoms with Gasteiger partial charge in [-0.3, -0.25) is 0 Å². The SMILES string of the molecule is COC(=O)C(C)(C)Nc1ccc(C(C)C)nn1. The summed E-state index contributed by atoms with van der Waals surface area (Å²) in [5.74, 6) is 0.558. The first kappa shape index (κ1) is 13.4. The molecule has 1 heterocycles. The van der Waals surface area contributed by atoms with Gasteiger partial charge in [0.15, 0.2) is 0 Å². The van der Waals surface area contributed by atoms with Crippen molar-refractivity contribution in [3.8, 4) is 0 Å². The highest BCUT2D eigenvalue weighted by Gasteiger charge is 2.28. The van der Waals surface area contributed by atoms with Gasteiger partial charge in [0, 0.05) is 0 Å². The molecule has 0 bridgehead atoms. The Hall–Kier alpha value is -1.65. The Balaban J connectivity index is 2.79. The lowest BCUT2D eigenvalue weighted by atomic mass is 10.1. The van der Waals surface area contributed by atoms with Crippen molar-refractivity contribution in [1.29, 1.82) is 0 Å². The minimum Gasteiger partial charge on any atom is -0.467 e. The quantitative estimate of drug-likeness (QED) is 0.811. The van der Waals surface area contributed by atoms with Crippen molar-refractivity contribution >= 4 is 11.8 Å². The van der Waals surface area contributed by atoms with Crippen molar-refractivity contribution in [2.75, 3.05) is 12.4 Å². The maximum absolute atomic E-state index is 11.5. The van der Waals surface area contributed by atoms with Crippen LogP contribution in [0.3, 0.4) is 0 Å². The molecule has 1 N–H and O–H groups in total. The first-order chi connectivity index (χ1) is 7.86. The molecule has 5 nitrogen and oxygen atoms in total. The number of ether oxygens (including phenoxy) is 1. The van der Waals surface area contributed by atoms with Gasteiger partial charge in [-0.1, -0.05) is 13.8 Å². The van der Waals surface area contributed by atoms with Gasteiger partial charge in [-0.05, 0) is 31.9 Å². The fourth-order valence-corrected chi connectivity index (χ4v) is 1.34. The van der Waals surface area contributed by atoms with Crippen LogP contribution in [0.4, 0.5) is 5.82 Å². The van der Waals surface area contributed by atoms with Gasteiger partial charge < -0.3 is 10.1 Å². The lowest BCUT2D eigenvalue weighted by molar-refractivity contribution is -0.144. The molecular weight excluding hydrogens is 218 g/mol. The second-order valence-corrected chi connectivity index (χ2v) is 4.74. The lowest BCUT2D eigenvalue weighted by Gasteiger charge is -2.23. The third kappa shape index (κ3) is 3.41. The average Bonchev–Trinajstić information content (AvgIpc) is 2.28. The van der Waals surface area contributed by atoms with Crippen LogP contribution >= 0.6 is 0 Å². The number of nitrogens with zero attached hydrogens (tertiary/aromatic N) is 2. The minimum absolute atomic E-state index is 0.338. The monoisotopic (exact) mass is 237 g/mol. The van der Waals surface area contributed by atoms with Crippen molar-refractivity contribution in [3.63, 3.8) is 0 Å². The van der Waals surface area contributed by atoms with E-state index in [9.17, 15) is 4.79 Å². The molecule has 0 saturated carbocycles. The fourth-order valence-electron chi connectivity index (χ4n) is 1.34. The summed E-state index contributed by atoms with van der Waals surface area (Å²) < 4.78 is 4.70. The molecule has 0 amide bonds. The summed E-state index contributed by atoms with van der Waals surface area (Å²) in [4.78, 5) is 11.5. The Kier molecular flexibility index (Phi) is 4.04. The summed E-state index contributed by atoms with van der Waals surface area (Å²) in [5, 5.41) is 11.1. The van der Waals surface area contributed by atoms with Gasteiger partial charge in [-0.25, -0.2) is 4.79 Å². The predicted molar refractivity (Wildman–Crippen MR) is 65.8 cm³/mol. The Labute approximate surface area is 102 Å². The van der Waals surface area contributed by atoms with E-state index in [2.05, 4.69) is 29.4 Å². The van der Waals surface area contributed by atoms with Crippen molar-refractivity contribution in [3.05, 3.63) is 17.8 Å². The smallest absolute Gasteiger partial charge is 0.330 e. The normalized spacial score (nSPS) is 11.4. The Morgan fingerprint density at radius 3 is 2.41 bits per heavy atom. The van der Waals surface area contributed by atoms with E-state index in [0.717, 1.165) is 5.69 Å². The van der Waals surface area contributed by atoms with Crippen LogP contribution in [-0.2, 0) is 9.53 Å². The molecule has 0 atom stereocenters. The number of aromatic nitrogens is 2. The molecule has 1 aromatic heterocycles. The first-order valence-corrected chi connectivity index (χ1v) is 5.57. The molecule has 0 spiro atoms. The highest BCUT2D eigenvalue weighted by Crippen LogP contribution is 2.16. The average molecular weight is 237 g/mol. The van der Waals surface area contributed by atoms with E-state index in [0.29, 0.717) is 11.7 Å². The zero-order chi connectivity index (χ0) is 13.1. The summed E-state index contributed by atoms with van der Waals surface area (Å²) in [6.07, 6.45) is 0.